The Bertz CT molecular complexity index is 1200. The van der Waals surface area contributed by atoms with Crippen molar-refractivity contribution in [2.75, 3.05) is 11.4 Å². The third kappa shape index (κ3) is 4.07. The Morgan fingerprint density at radius 3 is 2.56 bits per heavy atom. The lowest BCUT2D eigenvalue weighted by Gasteiger charge is -2.22. The molecule has 0 unspecified atom stereocenters. The Kier molecular flexibility index (Phi) is 6.08. The van der Waals surface area contributed by atoms with E-state index in [2.05, 4.69) is 12.2 Å². The monoisotopic (exact) mass is 476 g/mol. The minimum atomic E-state index is -0.713. The van der Waals surface area contributed by atoms with Crippen molar-refractivity contribution in [1.82, 2.24) is 15.2 Å². The first kappa shape index (κ1) is 22.5. The molecule has 34 heavy (non-hydrogen) atoms. The van der Waals surface area contributed by atoms with Gasteiger partial charge in [-0.3, -0.25) is 19.4 Å². The number of benzene rings is 2. The number of thiazole rings is 1. The Morgan fingerprint density at radius 2 is 1.85 bits per heavy atom. The van der Waals surface area contributed by atoms with Gasteiger partial charge in [0, 0.05) is 13.0 Å². The predicted molar refractivity (Wildman–Crippen MR) is 133 cm³/mol. The number of hydrogen-bond acceptors (Lipinski definition) is 5. The number of aryl methyl sites for hydroxylation is 1. The zero-order chi connectivity index (χ0) is 23.7. The highest BCUT2D eigenvalue weighted by atomic mass is 32.1. The van der Waals surface area contributed by atoms with Gasteiger partial charge in [0.15, 0.2) is 5.13 Å². The number of aromatic nitrogens is 1. The average molecular weight is 477 g/mol. The summed E-state index contributed by atoms with van der Waals surface area (Å²) in [5.74, 6) is -0.244. The van der Waals surface area contributed by atoms with Crippen molar-refractivity contribution in [1.29, 1.82) is 0 Å². The summed E-state index contributed by atoms with van der Waals surface area (Å²) in [6.45, 7) is 2.33. The maximum Gasteiger partial charge on any atom is 0.325 e. The lowest BCUT2D eigenvalue weighted by Crippen LogP contribution is -2.44. The number of carbonyl (C=O) groups is 3. The van der Waals surface area contributed by atoms with Crippen molar-refractivity contribution in [3.05, 3.63) is 54.1 Å². The minimum Gasteiger partial charge on any atom is -0.323 e. The van der Waals surface area contributed by atoms with Gasteiger partial charge >= 0.3 is 6.03 Å². The molecular formula is C26H28N4O3S. The van der Waals surface area contributed by atoms with Crippen molar-refractivity contribution >= 4 is 50.2 Å². The standard InChI is InChI=1S/C26H28N4O3S/c1-2-18-11-13-19(14-12-18)30(25-27-20-8-3-4-9-21(20)34-25)22(31)10-7-17-29-23(32)26(28-24(29)33)15-5-6-16-26/h3-4,8-9,11-14H,2,5-7,10,15-17H2,1H3,(H,28,33). The fraction of sp³-hybridized carbons (Fsp3) is 0.385. The second kappa shape index (κ2) is 9.18. The molecule has 2 aromatic carbocycles. The van der Waals surface area contributed by atoms with Gasteiger partial charge in [-0.05, 0) is 55.5 Å². The number of urea groups is 1. The van der Waals surface area contributed by atoms with Crippen molar-refractivity contribution < 1.29 is 14.4 Å². The van der Waals surface area contributed by atoms with Crippen LogP contribution in [0, 0.1) is 0 Å². The molecule has 1 N–H and O–H groups in total. The van der Waals surface area contributed by atoms with Gasteiger partial charge in [0.25, 0.3) is 5.91 Å². The van der Waals surface area contributed by atoms with Gasteiger partial charge in [-0.15, -0.1) is 0 Å². The normalized spacial score (nSPS) is 17.0. The van der Waals surface area contributed by atoms with Crippen LogP contribution in [0.3, 0.4) is 0 Å². The van der Waals surface area contributed by atoms with Crippen molar-refractivity contribution in [2.24, 2.45) is 0 Å². The third-order valence-corrected chi connectivity index (χ3v) is 7.82. The molecule has 176 valence electrons. The topological polar surface area (TPSA) is 82.6 Å². The number of nitrogens with zero attached hydrogens (tertiary/aromatic N) is 3. The van der Waals surface area contributed by atoms with Crippen LogP contribution >= 0.6 is 11.3 Å². The highest BCUT2D eigenvalue weighted by Crippen LogP contribution is 2.36. The molecule has 4 amide bonds. The van der Waals surface area contributed by atoms with Crippen LogP contribution in [0.5, 0.6) is 0 Å². The summed E-state index contributed by atoms with van der Waals surface area (Å²) in [7, 11) is 0. The number of carbonyl (C=O) groups excluding carboxylic acids is 3. The first-order valence-electron chi connectivity index (χ1n) is 11.9. The zero-order valence-electron chi connectivity index (χ0n) is 19.3. The lowest BCUT2D eigenvalue weighted by atomic mass is 9.98. The van der Waals surface area contributed by atoms with E-state index in [1.807, 2.05) is 48.5 Å². The van der Waals surface area contributed by atoms with E-state index in [9.17, 15) is 14.4 Å². The molecule has 0 atom stereocenters. The average Bonchev–Trinajstić information content (AvgIpc) is 3.54. The molecule has 0 radical (unpaired) electrons. The molecule has 0 bridgehead atoms. The summed E-state index contributed by atoms with van der Waals surface area (Å²) in [5.41, 5.74) is 2.10. The number of rotatable bonds is 7. The molecule has 1 aromatic heterocycles. The maximum atomic E-state index is 13.5. The molecule has 1 saturated heterocycles. The molecule has 1 aliphatic carbocycles. The zero-order valence-corrected chi connectivity index (χ0v) is 20.1. The maximum absolute atomic E-state index is 13.5. The van der Waals surface area contributed by atoms with E-state index in [4.69, 9.17) is 4.98 Å². The van der Waals surface area contributed by atoms with Crippen molar-refractivity contribution in [2.45, 2.75) is 57.4 Å². The summed E-state index contributed by atoms with van der Waals surface area (Å²) in [5, 5.41) is 3.52. The summed E-state index contributed by atoms with van der Waals surface area (Å²) >= 11 is 1.48. The van der Waals surface area contributed by atoms with E-state index in [1.54, 1.807) is 4.90 Å². The summed E-state index contributed by atoms with van der Waals surface area (Å²) < 4.78 is 1.02. The molecule has 5 rings (SSSR count). The highest BCUT2D eigenvalue weighted by Gasteiger charge is 2.52. The van der Waals surface area contributed by atoms with E-state index < -0.39 is 5.54 Å². The second-order valence-electron chi connectivity index (χ2n) is 8.99. The molecule has 2 fully saturated rings. The van der Waals surface area contributed by atoms with Crippen LogP contribution in [0.15, 0.2) is 48.5 Å². The van der Waals surface area contributed by atoms with E-state index in [0.29, 0.717) is 24.4 Å². The SMILES string of the molecule is CCc1ccc(N(C(=O)CCCN2C(=O)NC3(CCCC3)C2=O)c2nc3ccccc3s2)cc1. The van der Waals surface area contributed by atoms with E-state index in [-0.39, 0.29) is 30.8 Å². The molecule has 1 spiro atoms. The quantitative estimate of drug-likeness (QED) is 0.477. The fourth-order valence-corrected chi connectivity index (χ4v) is 5.90. The molecule has 2 heterocycles. The van der Waals surface area contributed by atoms with E-state index in [0.717, 1.165) is 35.2 Å². The fourth-order valence-electron chi connectivity index (χ4n) is 4.89. The Balaban J connectivity index is 1.33. The number of nitrogens with one attached hydrogen (secondary N) is 1. The van der Waals surface area contributed by atoms with Gasteiger partial charge in [-0.25, -0.2) is 9.78 Å². The molecule has 3 aromatic rings. The Morgan fingerprint density at radius 1 is 1.12 bits per heavy atom. The number of para-hydroxylation sites is 1. The number of imide groups is 1. The first-order chi connectivity index (χ1) is 16.5. The van der Waals surface area contributed by atoms with Gasteiger partial charge in [-0.2, -0.15) is 0 Å². The highest BCUT2D eigenvalue weighted by molar-refractivity contribution is 7.22. The van der Waals surface area contributed by atoms with Gasteiger partial charge < -0.3 is 5.32 Å². The number of amides is 4. The predicted octanol–water partition coefficient (Wildman–Crippen LogP) is 5.17. The largest absolute Gasteiger partial charge is 0.325 e. The second-order valence-corrected chi connectivity index (χ2v) is 10.0. The molecular weight excluding hydrogens is 448 g/mol. The van der Waals surface area contributed by atoms with Gasteiger partial charge in [0.1, 0.15) is 5.54 Å². The third-order valence-electron chi connectivity index (χ3n) is 6.80. The smallest absolute Gasteiger partial charge is 0.323 e. The summed E-state index contributed by atoms with van der Waals surface area (Å²) in [4.78, 5) is 46.4. The van der Waals surface area contributed by atoms with Gasteiger partial charge in [0.05, 0.1) is 15.9 Å². The summed E-state index contributed by atoms with van der Waals surface area (Å²) in [6.07, 6.45) is 4.83. The molecule has 2 aliphatic rings. The first-order valence-corrected chi connectivity index (χ1v) is 12.7. The lowest BCUT2D eigenvalue weighted by molar-refractivity contribution is -0.131. The molecule has 1 aliphatic heterocycles. The number of fused-ring (bicyclic) bond motifs is 1. The number of anilines is 2. The van der Waals surface area contributed by atoms with E-state index in [1.165, 1.54) is 21.8 Å². The van der Waals surface area contributed by atoms with Crippen LogP contribution in [-0.4, -0.2) is 39.8 Å². The van der Waals surface area contributed by atoms with E-state index >= 15 is 0 Å². The van der Waals surface area contributed by atoms with Crippen molar-refractivity contribution in [3.63, 3.8) is 0 Å². The van der Waals surface area contributed by atoms with Crippen LogP contribution < -0.4 is 10.2 Å². The van der Waals surface area contributed by atoms with Crippen LogP contribution in [0.4, 0.5) is 15.6 Å². The Labute approximate surface area is 202 Å². The molecule has 7 nitrogen and oxygen atoms in total. The number of hydrogen-bond donors (Lipinski definition) is 1. The van der Waals surface area contributed by atoms with Gasteiger partial charge in [0.2, 0.25) is 5.91 Å². The van der Waals surface area contributed by atoms with Crippen molar-refractivity contribution in [3.8, 4) is 0 Å². The minimum absolute atomic E-state index is 0.106. The summed E-state index contributed by atoms with van der Waals surface area (Å²) in [6, 6.07) is 15.4. The Hall–Kier alpha value is -3.26. The molecule has 1 saturated carbocycles. The van der Waals surface area contributed by atoms with Gasteiger partial charge in [-0.1, -0.05) is 55.4 Å². The van der Waals surface area contributed by atoms with Crippen LogP contribution in [0.1, 0.15) is 51.0 Å². The van der Waals surface area contributed by atoms with Crippen LogP contribution in [0.25, 0.3) is 10.2 Å². The van der Waals surface area contributed by atoms with Crippen LogP contribution in [-0.2, 0) is 16.0 Å². The van der Waals surface area contributed by atoms with Crippen LogP contribution in [0.2, 0.25) is 0 Å². The molecule has 8 heteroatoms.